The highest BCUT2D eigenvalue weighted by Crippen LogP contribution is 2.34. The van der Waals surface area contributed by atoms with Crippen LogP contribution in [-0.4, -0.2) is 21.5 Å². The third-order valence-electron chi connectivity index (χ3n) is 3.35. The van der Waals surface area contributed by atoms with Gasteiger partial charge >= 0.3 is 0 Å². The molecule has 4 heteroatoms. The molecule has 0 spiro atoms. The Labute approximate surface area is 90.8 Å². The predicted octanol–water partition coefficient (Wildman–Crippen LogP) is 1.53. The Bertz CT molecular complexity index is 299. The van der Waals surface area contributed by atoms with Crippen molar-refractivity contribution in [2.75, 3.05) is 6.54 Å². The zero-order valence-corrected chi connectivity index (χ0v) is 9.39. The second kappa shape index (κ2) is 4.75. The molecule has 0 amide bonds. The van der Waals surface area contributed by atoms with Gasteiger partial charge in [0.2, 0.25) is 0 Å². The highest BCUT2D eigenvalue weighted by molar-refractivity contribution is 5.03. The van der Waals surface area contributed by atoms with E-state index in [2.05, 4.69) is 23.4 Å². The van der Waals surface area contributed by atoms with Crippen LogP contribution in [0.5, 0.6) is 0 Å². The van der Waals surface area contributed by atoms with Gasteiger partial charge in [0, 0.05) is 18.7 Å². The quantitative estimate of drug-likeness (QED) is 0.819. The van der Waals surface area contributed by atoms with Gasteiger partial charge in [-0.25, -0.2) is 0 Å². The van der Waals surface area contributed by atoms with Crippen LogP contribution >= 0.6 is 0 Å². The Hall–Kier alpha value is -0.900. The van der Waals surface area contributed by atoms with Gasteiger partial charge < -0.3 is 5.73 Å². The molecule has 1 aliphatic rings. The van der Waals surface area contributed by atoms with Crippen molar-refractivity contribution < 1.29 is 0 Å². The second-order valence-corrected chi connectivity index (χ2v) is 4.65. The molecule has 0 radical (unpaired) electrons. The summed E-state index contributed by atoms with van der Waals surface area (Å²) in [6.45, 7) is 3.74. The van der Waals surface area contributed by atoms with Crippen molar-refractivity contribution in [3.8, 4) is 0 Å². The van der Waals surface area contributed by atoms with Crippen molar-refractivity contribution >= 4 is 0 Å². The number of aromatic nitrogens is 3. The van der Waals surface area contributed by atoms with E-state index in [-0.39, 0.29) is 0 Å². The standard InChI is InChI=1S/C11H20N4/c1-9-2-4-10(5-3-9)11-8-15(7-6-12)14-13-11/h8-10H,2-7,12H2,1H3. The van der Waals surface area contributed by atoms with E-state index in [4.69, 9.17) is 5.73 Å². The molecule has 0 atom stereocenters. The third-order valence-corrected chi connectivity index (χ3v) is 3.35. The van der Waals surface area contributed by atoms with Crippen molar-refractivity contribution in [3.05, 3.63) is 11.9 Å². The van der Waals surface area contributed by atoms with Crippen LogP contribution in [-0.2, 0) is 6.54 Å². The number of nitrogens with zero attached hydrogens (tertiary/aromatic N) is 3. The molecule has 1 aliphatic carbocycles. The third kappa shape index (κ3) is 2.56. The topological polar surface area (TPSA) is 56.7 Å². The Morgan fingerprint density at radius 1 is 1.40 bits per heavy atom. The Morgan fingerprint density at radius 3 is 2.80 bits per heavy atom. The van der Waals surface area contributed by atoms with Gasteiger partial charge in [-0.05, 0) is 18.8 Å². The minimum absolute atomic E-state index is 0.629. The highest BCUT2D eigenvalue weighted by atomic mass is 15.4. The van der Waals surface area contributed by atoms with Crippen molar-refractivity contribution in [2.45, 2.75) is 45.1 Å². The fourth-order valence-corrected chi connectivity index (χ4v) is 2.30. The number of hydrogen-bond acceptors (Lipinski definition) is 3. The van der Waals surface area contributed by atoms with Crippen molar-refractivity contribution in [3.63, 3.8) is 0 Å². The van der Waals surface area contributed by atoms with Gasteiger partial charge in [-0.3, -0.25) is 4.68 Å². The van der Waals surface area contributed by atoms with Gasteiger partial charge in [-0.1, -0.05) is 25.0 Å². The largest absolute Gasteiger partial charge is 0.329 e. The molecule has 1 fully saturated rings. The first-order valence-corrected chi connectivity index (χ1v) is 5.89. The Balaban J connectivity index is 1.96. The molecule has 0 unspecified atom stereocenters. The molecule has 4 nitrogen and oxygen atoms in total. The van der Waals surface area contributed by atoms with Crippen LogP contribution in [0.3, 0.4) is 0 Å². The van der Waals surface area contributed by atoms with Crippen molar-refractivity contribution in [2.24, 2.45) is 11.7 Å². The van der Waals surface area contributed by atoms with Crippen molar-refractivity contribution in [1.82, 2.24) is 15.0 Å². The van der Waals surface area contributed by atoms with Crippen LogP contribution in [0.25, 0.3) is 0 Å². The smallest absolute Gasteiger partial charge is 0.0857 e. The molecule has 1 aromatic rings. The van der Waals surface area contributed by atoms with Crippen LogP contribution in [0.2, 0.25) is 0 Å². The maximum absolute atomic E-state index is 5.48. The molecule has 84 valence electrons. The molecular formula is C11H20N4. The van der Waals surface area contributed by atoms with Crippen LogP contribution in [0, 0.1) is 5.92 Å². The van der Waals surface area contributed by atoms with E-state index in [0.29, 0.717) is 12.5 Å². The lowest BCUT2D eigenvalue weighted by Crippen LogP contribution is -2.11. The number of nitrogens with two attached hydrogens (primary N) is 1. The van der Waals surface area contributed by atoms with Gasteiger partial charge in [0.05, 0.1) is 12.2 Å². The number of hydrogen-bond donors (Lipinski definition) is 1. The average molecular weight is 208 g/mol. The molecular weight excluding hydrogens is 188 g/mol. The molecule has 1 heterocycles. The van der Waals surface area contributed by atoms with Gasteiger partial charge in [0.25, 0.3) is 0 Å². The average Bonchev–Trinajstić information content (AvgIpc) is 2.68. The molecule has 15 heavy (non-hydrogen) atoms. The van der Waals surface area contributed by atoms with E-state index in [0.717, 1.165) is 18.2 Å². The molecule has 0 bridgehead atoms. The van der Waals surface area contributed by atoms with E-state index in [1.807, 2.05) is 4.68 Å². The predicted molar refractivity (Wildman–Crippen MR) is 59.4 cm³/mol. The Morgan fingerprint density at radius 2 is 2.13 bits per heavy atom. The summed E-state index contributed by atoms with van der Waals surface area (Å²) in [4.78, 5) is 0. The molecule has 2 rings (SSSR count). The first-order chi connectivity index (χ1) is 7.29. The van der Waals surface area contributed by atoms with Gasteiger partial charge in [0.1, 0.15) is 0 Å². The molecule has 0 aliphatic heterocycles. The van der Waals surface area contributed by atoms with E-state index in [1.54, 1.807) is 0 Å². The lowest BCUT2D eigenvalue weighted by molar-refractivity contribution is 0.344. The molecule has 1 saturated carbocycles. The minimum Gasteiger partial charge on any atom is -0.329 e. The van der Waals surface area contributed by atoms with Crippen LogP contribution < -0.4 is 5.73 Å². The molecule has 1 aromatic heterocycles. The van der Waals surface area contributed by atoms with Crippen molar-refractivity contribution in [1.29, 1.82) is 0 Å². The maximum atomic E-state index is 5.48. The maximum Gasteiger partial charge on any atom is 0.0857 e. The summed E-state index contributed by atoms with van der Waals surface area (Å²) in [5.41, 5.74) is 6.64. The molecule has 0 saturated heterocycles. The lowest BCUT2D eigenvalue weighted by Gasteiger charge is -2.24. The van der Waals surface area contributed by atoms with E-state index in [1.165, 1.54) is 25.7 Å². The monoisotopic (exact) mass is 208 g/mol. The summed E-state index contributed by atoms with van der Waals surface area (Å²) in [5.74, 6) is 1.52. The van der Waals surface area contributed by atoms with E-state index in [9.17, 15) is 0 Å². The normalized spacial score (nSPS) is 26.8. The van der Waals surface area contributed by atoms with Gasteiger partial charge in [0.15, 0.2) is 0 Å². The molecule has 2 N–H and O–H groups in total. The zero-order valence-electron chi connectivity index (χ0n) is 9.39. The number of rotatable bonds is 3. The lowest BCUT2D eigenvalue weighted by atomic mass is 9.82. The van der Waals surface area contributed by atoms with Gasteiger partial charge in [-0.15, -0.1) is 5.10 Å². The van der Waals surface area contributed by atoms with Gasteiger partial charge in [-0.2, -0.15) is 0 Å². The SMILES string of the molecule is CC1CCC(c2cn(CCN)nn2)CC1. The Kier molecular flexibility index (Phi) is 3.36. The summed E-state index contributed by atoms with van der Waals surface area (Å²) < 4.78 is 1.85. The fourth-order valence-electron chi connectivity index (χ4n) is 2.30. The van der Waals surface area contributed by atoms with Crippen LogP contribution in [0.1, 0.15) is 44.2 Å². The minimum atomic E-state index is 0.629. The summed E-state index contributed by atoms with van der Waals surface area (Å²) in [6, 6.07) is 0. The zero-order chi connectivity index (χ0) is 10.7. The van der Waals surface area contributed by atoms with Crippen LogP contribution in [0.4, 0.5) is 0 Å². The van der Waals surface area contributed by atoms with Crippen LogP contribution in [0.15, 0.2) is 6.20 Å². The summed E-state index contributed by atoms with van der Waals surface area (Å²) >= 11 is 0. The summed E-state index contributed by atoms with van der Waals surface area (Å²) in [6.07, 6.45) is 7.25. The second-order valence-electron chi connectivity index (χ2n) is 4.65. The first-order valence-electron chi connectivity index (χ1n) is 5.89. The summed E-state index contributed by atoms with van der Waals surface area (Å²) in [7, 11) is 0. The van der Waals surface area contributed by atoms with E-state index < -0.39 is 0 Å². The highest BCUT2D eigenvalue weighted by Gasteiger charge is 2.21. The fraction of sp³-hybridized carbons (Fsp3) is 0.818. The first kappa shape index (κ1) is 10.6. The van der Waals surface area contributed by atoms with E-state index >= 15 is 0 Å². The molecule has 0 aromatic carbocycles. The summed E-state index contributed by atoms with van der Waals surface area (Å²) in [5, 5.41) is 8.33.